The van der Waals surface area contributed by atoms with E-state index in [0.29, 0.717) is 11.2 Å². The summed E-state index contributed by atoms with van der Waals surface area (Å²) in [6.07, 6.45) is 20.0. The molecule has 0 radical (unpaired) electrons. The Morgan fingerprint density at radius 3 is 1.25 bits per heavy atom. The Balaban J connectivity index is 1.49. The second-order valence-electron chi connectivity index (χ2n) is 12.6. The van der Waals surface area contributed by atoms with Crippen LogP contribution >= 0.6 is 0 Å². The predicted octanol–water partition coefficient (Wildman–Crippen LogP) is 11.6. The first-order valence-electron chi connectivity index (χ1n) is 17.0. The van der Waals surface area contributed by atoms with Gasteiger partial charge >= 0.3 is 0 Å². The number of hydrogen-bond acceptors (Lipinski definition) is 3. The zero-order valence-corrected chi connectivity index (χ0v) is 28.0. The van der Waals surface area contributed by atoms with E-state index in [1.807, 2.05) is 84.9 Å². The first-order chi connectivity index (χ1) is 25.7. The normalized spacial score (nSPS) is 11.7. The fraction of sp³-hybridized carbons (Fsp3) is 0. The van der Waals surface area contributed by atoms with Crippen molar-refractivity contribution in [3.8, 4) is 69.2 Å². The highest BCUT2D eigenvalue weighted by Gasteiger charge is 2.19. The maximum atomic E-state index is 6.84. The van der Waals surface area contributed by atoms with Crippen LogP contribution in [0.3, 0.4) is 0 Å². The average Bonchev–Trinajstić information content (AvgIpc) is 4.04. The van der Waals surface area contributed by atoms with Gasteiger partial charge in [-0.2, -0.15) is 0 Å². The van der Waals surface area contributed by atoms with E-state index < -0.39 is 0 Å². The summed E-state index contributed by atoms with van der Waals surface area (Å²) in [5, 5.41) is 0. The quantitative estimate of drug-likeness (QED) is 0.191. The average molecular weight is 664 g/mol. The van der Waals surface area contributed by atoms with Crippen LogP contribution in [-0.2, 0) is 0 Å². The highest BCUT2D eigenvalue weighted by Crippen LogP contribution is 2.39. The molecule has 52 heavy (non-hydrogen) atoms. The lowest BCUT2D eigenvalue weighted by Gasteiger charge is -2.07. The number of aromatic nitrogens is 3. The molecule has 3 aromatic heterocycles. The van der Waals surface area contributed by atoms with Crippen molar-refractivity contribution < 1.29 is 4.42 Å². The Labute approximate surface area is 301 Å². The number of terminal acetylenes is 2. The minimum atomic E-state index is 0.703. The van der Waals surface area contributed by atoms with Gasteiger partial charge in [-0.05, 0) is 95.1 Å². The zero-order chi connectivity index (χ0) is 35.0. The third-order valence-corrected chi connectivity index (χ3v) is 9.39. The smallest absolute Gasteiger partial charge is 0.137 e. The van der Waals surface area contributed by atoms with Gasteiger partial charge in [0.2, 0.25) is 0 Å². The van der Waals surface area contributed by atoms with Crippen molar-refractivity contribution in [3.05, 3.63) is 167 Å². The van der Waals surface area contributed by atoms with Crippen molar-refractivity contribution in [1.82, 2.24) is 15.0 Å². The van der Waals surface area contributed by atoms with Crippen LogP contribution in [0.2, 0.25) is 0 Å². The molecule has 0 unspecified atom stereocenters. The van der Waals surface area contributed by atoms with E-state index in [1.54, 1.807) is 0 Å². The molecule has 7 aromatic rings. The molecule has 0 spiro atoms. The number of rotatable bonds is 4. The number of fused-ring (bicyclic) bond motifs is 8. The number of aromatic amines is 1. The SMILES string of the molecule is C#Cc1cccc(-c2c3nc(c(-c4ccccc4)c4ccc(o4)c(-c4ccccc4)c4nc(c(-c5cccc(C#C)c5)c5ccc2[nH]5)C=C4)C=C3)c1. The third-order valence-electron chi connectivity index (χ3n) is 9.39. The summed E-state index contributed by atoms with van der Waals surface area (Å²) in [6.45, 7) is 0. The van der Waals surface area contributed by atoms with Crippen molar-refractivity contribution in [2.45, 2.75) is 0 Å². The summed E-state index contributed by atoms with van der Waals surface area (Å²) in [6, 6.07) is 44.7. The summed E-state index contributed by atoms with van der Waals surface area (Å²) in [5.74, 6) is 5.60. The number of nitrogens with one attached hydrogen (secondary N) is 1. The van der Waals surface area contributed by atoms with E-state index in [9.17, 15) is 0 Å². The van der Waals surface area contributed by atoms with Crippen molar-refractivity contribution in [2.24, 2.45) is 0 Å². The lowest BCUT2D eigenvalue weighted by molar-refractivity contribution is 0.667. The molecule has 2 aliphatic rings. The van der Waals surface area contributed by atoms with Crippen LogP contribution < -0.4 is 0 Å². The van der Waals surface area contributed by atoms with E-state index in [2.05, 4.69) is 89.7 Å². The van der Waals surface area contributed by atoms with Crippen molar-refractivity contribution in [1.29, 1.82) is 0 Å². The Bertz CT molecular complexity index is 2660. The Morgan fingerprint density at radius 2 is 0.827 bits per heavy atom. The molecule has 4 nitrogen and oxygen atoms in total. The Kier molecular flexibility index (Phi) is 7.55. The molecule has 0 saturated carbocycles. The van der Waals surface area contributed by atoms with Crippen LogP contribution in [0.25, 0.3) is 91.0 Å². The molecule has 0 aliphatic carbocycles. The minimum Gasteiger partial charge on any atom is -0.456 e. The Morgan fingerprint density at radius 1 is 0.423 bits per heavy atom. The number of furan rings is 1. The lowest BCUT2D eigenvalue weighted by atomic mass is 10.0. The molecule has 8 bridgehead atoms. The molecular formula is C48H29N3O. The number of H-pyrrole nitrogens is 1. The van der Waals surface area contributed by atoms with E-state index in [1.165, 1.54) is 0 Å². The fourth-order valence-electron chi connectivity index (χ4n) is 7.03. The largest absolute Gasteiger partial charge is 0.456 e. The Hall–Kier alpha value is -7.40. The van der Waals surface area contributed by atoms with Gasteiger partial charge in [0.1, 0.15) is 11.2 Å². The van der Waals surface area contributed by atoms with E-state index in [-0.39, 0.29) is 0 Å². The van der Waals surface area contributed by atoms with Gasteiger partial charge in [0.05, 0.1) is 33.9 Å². The number of benzene rings is 4. The molecule has 0 atom stereocenters. The van der Waals surface area contributed by atoms with Gasteiger partial charge in [-0.1, -0.05) is 96.8 Å². The van der Waals surface area contributed by atoms with Crippen molar-refractivity contribution in [2.75, 3.05) is 0 Å². The topological polar surface area (TPSA) is 54.7 Å². The van der Waals surface area contributed by atoms with Crippen molar-refractivity contribution >= 4 is 46.5 Å². The zero-order valence-electron chi connectivity index (χ0n) is 28.0. The lowest BCUT2D eigenvalue weighted by Crippen LogP contribution is -1.89. The van der Waals surface area contributed by atoms with Gasteiger partial charge in [-0.25, -0.2) is 9.97 Å². The van der Waals surface area contributed by atoms with Crippen LogP contribution in [0.4, 0.5) is 0 Å². The minimum absolute atomic E-state index is 0.703. The molecule has 0 saturated heterocycles. The summed E-state index contributed by atoms with van der Waals surface area (Å²) in [7, 11) is 0. The van der Waals surface area contributed by atoms with Gasteiger partial charge in [-0.3, -0.25) is 0 Å². The molecule has 1 N–H and O–H groups in total. The number of hydrogen-bond donors (Lipinski definition) is 1. The maximum absolute atomic E-state index is 6.84. The van der Waals surface area contributed by atoms with Gasteiger partial charge in [0, 0.05) is 33.3 Å². The molecule has 5 heterocycles. The highest BCUT2D eigenvalue weighted by atomic mass is 16.3. The third kappa shape index (κ3) is 5.42. The monoisotopic (exact) mass is 663 g/mol. The van der Waals surface area contributed by atoms with Gasteiger partial charge in [-0.15, -0.1) is 12.8 Å². The molecule has 4 aromatic carbocycles. The second kappa shape index (κ2) is 12.8. The van der Waals surface area contributed by atoms with Crippen molar-refractivity contribution in [3.63, 3.8) is 0 Å². The highest BCUT2D eigenvalue weighted by molar-refractivity contribution is 5.99. The fourth-order valence-corrected chi connectivity index (χ4v) is 7.03. The molecule has 2 aliphatic heterocycles. The van der Waals surface area contributed by atoms with Crippen LogP contribution in [0.5, 0.6) is 0 Å². The molecule has 4 heteroatoms. The molecule has 242 valence electrons. The second-order valence-corrected chi connectivity index (χ2v) is 12.6. The maximum Gasteiger partial charge on any atom is 0.137 e. The molecule has 9 rings (SSSR count). The summed E-state index contributed by atoms with van der Waals surface area (Å²) in [4.78, 5) is 14.4. The van der Waals surface area contributed by atoms with Crippen LogP contribution in [0.1, 0.15) is 33.9 Å². The molecular weight excluding hydrogens is 635 g/mol. The first-order valence-corrected chi connectivity index (χ1v) is 17.0. The number of nitrogens with zero attached hydrogens (tertiary/aromatic N) is 2. The van der Waals surface area contributed by atoms with E-state index in [4.69, 9.17) is 27.2 Å². The summed E-state index contributed by atoms with van der Waals surface area (Å²) < 4.78 is 6.84. The summed E-state index contributed by atoms with van der Waals surface area (Å²) in [5.41, 5.74) is 15.4. The van der Waals surface area contributed by atoms with Crippen LogP contribution in [0.15, 0.2) is 138 Å². The van der Waals surface area contributed by atoms with Crippen LogP contribution in [0, 0.1) is 24.7 Å². The van der Waals surface area contributed by atoms with Gasteiger partial charge in [0.15, 0.2) is 0 Å². The molecule has 0 fully saturated rings. The standard InChI is InChI=1S/C48H29N3O/c1-3-31-13-11-19-35(29-31)45-37-21-22-38(49-37)46(36-20-12-14-32(4-2)30-36)40-24-26-42(51-40)48(34-17-9-6-10-18-34)44-28-27-43(52-44)47(33-15-7-5-8-16-33)41-25-23-39(45)50-41/h1-2,5-30,49H. The predicted molar refractivity (Wildman–Crippen MR) is 214 cm³/mol. The van der Waals surface area contributed by atoms with E-state index in [0.717, 1.165) is 89.4 Å². The van der Waals surface area contributed by atoms with Gasteiger partial charge < -0.3 is 9.40 Å². The van der Waals surface area contributed by atoms with E-state index >= 15 is 0 Å². The molecule has 0 amide bonds. The van der Waals surface area contributed by atoms with Crippen LogP contribution in [-0.4, -0.2) is 15.0 Å². The van der Waals surface area contributed by atoms with Gasteiger partial charge in [0.25, 0.3) is 0 Å². The summed E-state index contributed by atoms with van der Waals surface area (Å²) >= 11 is 0. The first kappa shape index (κ1) is 30.6.